The zero-order chi connectivity index (χ0) is 14.3. The van der Waals surface area contributed by atoms with E-state index in [4.69, 9.17) is 16.3 Å². The van der Waals surface area contributed by atoms with E-state index in [1.54, 1.807) is 18.2 Å². The average Bonchev–Trinajstić information content (AvgIpc) is 2.83. The van der Waals surface area contributed by atoms with E-state index in [9.17, 15) is 9.50 Å². The van der Waals surface area contributed by atoms with Gasteiger partial charge >= 0.3 is 0 Å². The number of benzene rings is 2. The Morgan fingerprint density at radius 3 is 2.80 bits per heavy atom. The number of ether oxygens (including phenoxy) is 1. The SMILES string of the molecule is COc1ccc(F)c(-c2ccc3c(c2Cl)CC[C@@H]3O)c1. The van der Waals surface area contributed by atoms with Crippen LogP contribution < -0.4 is 4.74 Å². The van der Waals surface area contributed by atoms with Crippen LogP contribution in [0.15, 0.2) is 30.3 Å². The van der Waals surface area contributed by atoms with Gasteiger partial charge in [0.25, 0.3) is 0 Å². The molecule has 104 valence electrons. The zero-order valence-corrected chi connectivity index (χ0v) is 11.7. The van der Waals surface area contributed by atoms with Crippen molar-refractivity contribution in [2.24, 2.45) is 0 Å². The van der Waals surface area contributed by atoms with Crippen LogP contribution in [0.25, 0.3) is 11.1 Å². The Hall–Kier alpha value is -1.58. The standard InChI is InChI=1S/C16H14ClFO2/c1-20-9-2-6-14(18)13(8-9)12-4-3-10-11(16(12)17)5-7-15(10)19/h2-4,6,8,15,19H,5,7H2,1H3/t15-/m0/s1. The third-order valence-electron chi connectivity index (χ3n) is 3.77. The average molecular weight is 293 g/mol. The zero-order valence-electron chi connectivity index (χ0n) is 11.0. The molecule has 0 saturated heterocycles. The van der Waals surface area contributed by atoms with Crippen molar-refractivity contribution in [2.45, 2.75) is 18.9 Å². The summed E-state index contributed by atoms with van der Waals surface area (Å²) in [5.41, 5.74) is 2.82. The van der Waals surface area contributed by atoms with Crippen LogP contribution in [0.1, 0.15) is 23.7 Å². The molecule has 1 aliphatic carbocycles. The van der Waals surface area contributed by atoms with Crippen molar-refractivity contribution in [1.29, 1.82) is 0 Å². The molecule has 2 nitrogen and oxygen atoms in total. The van der Waals surface area contributed by atoms with Gasteiger partial charge in [0, 0.05) is 11.1 Å². The Bertz CT molecular complexity index is 670. The molecule has 0 amide bonds. The fraction of sp³-hybridized carbons (Fsp3) is 0.250. The van der Waals surface area contributed by atoms with E-state index in [0.717, 1.165) is 17.5 Å². The molecule has 4 heteroatoms. The van der Waals surface area contributed by atoms with Gasteiger partial charge in [-0.3, -0.25) is 0 Å². The van der Waals surface area contributed by atoms with Crippen LogP contribution >= 0.6 is 11.6 Å². The summed E-state index contributed by atoms with van der Waals surface area (Å²) in [6.07, 6.45) is 0.917. The Morgan fingerprint density at radius 2 is 2.05 bits per heavy atom. The van der Waals surface area contributed by atoms with Crippen LogP contribution in [0, 0.1) is 5.82 Å². The molecule has 0 saturated carbocycles. The highest BCUT2D eigenvalue weighted by Crippen LogP contribution is 2.41. The summed E-state index contributed by atoms with van der Waals surface area (Å²) in [7, 11) is 1.54. The molecule has 0 unspecified atom stereocenters. The molecule has 1 atom stereocenters. The Kier molecular flexibility index (Phi) is 3.40. The number of rotatable bonds is 2. The van der Waals surface area contributed by atoms with Crippen LogP contribution in [-0.2, 0) is 6.42 Å². The van der Waals surface area contributed by atoms with Gasteiger partial charge in [-0.1, -0.05) is 23.7 Å². The fourth-order valence-electron chi connectivity index (χ4n) is 2.68. The summed E-state index contributed by atoms with van der Waals surface area (Å²) >= 11 is 6.40. The van der Waals surface area contributed by atoms with Crippen LogP contribution in [0.2, 0.25) is 5.02 Å². The third kappa shape index (κ3) is 2.07. The number of aliphatic hydroxyl groups is 1. The molecule has 0 aromatic heterocycles. The molecule has 3 rings (SSSR count). The molecule has 0 spiro atoms. The summed E-state index contributed by atoms with van der Waals surface area (Å²) < 4.78 is 19.2. The van der Waals surface area contributed by atoms with E-state index in [1.807, 2.05) is 6.07 Å². The number of methoxy groups -OCH3 is 1. The Morgan fingerprint density at radius 1 is 1.25 bits per heavy atom. The van der Waals surface area contributed by atoms with Crippen molar-refractivity contribution in [2.75, 3.05) is 7.11 Å². The summed E-state index contributed by atoms with van der Waals surface area (Å²) in [6, 6.07) is 8.16. The molecule has 1 aliphatic rings. The number of fused-ring (bicyclic) bond motifs is 1. The van der Waals surface area contributed by atoms with Gasteiger partial charge in [-0.2, -0.15) is 0 Å². The highest BCUT2D eigenvalue weighted by molar-refractivity contribution is 6.34. The highest BCUT2D eigenvalue weighted by Gasteiger charge is 2.24. The molecule has 0 bridgehead atoms. The van der Waals surface area contributed by atoms with Crippen molar-refractivity contribution in [3.8, 4) is 16.9 Å². The monoisotopic (exact) mass is 292 g/mol. The maximum atomic E-state index is 14.0. The quantitative estimate of drug-likeness (QED) is 0.901. The minimum absolute atomic E-state index is 0.341. The van der Waals surface area contributed by atoms with E-state index in [0.29, 0.717) is 28.3 Å². The van der Waals surface area contributed by atoms with Gasteiger partial charge in [0.05, 0.1) is 18.2 Å². The summed E-state index contributed by atoms with van der Waals surface area (Å²) in [5.74, 6) is 0.240. The number of hydrogen-bond donors (Lipinski definition) is 1. The van der Waals surface area contributed by atoms with E-state index >= 15 is 0 Å². The lowest BCUT2D eigenvalue weighted by Gasteiger charge is -2.12. The maximum Gasteiger partial charge on any atom is 0.131 e. The second-order valence-corrected chi connectivity index (χ2v) is 5.27. The minimum Gasteiger partial charge on any atom is -0.497 e. The number of hydrogen-bond acceptors (Lipinski definition) is 2. The van der Waals surface area contributed by atoms with E-state index in [2.05, 4.69) is 0 Å². The Labute approximate surface area is 121 Å². The maximum absolute atomic E-state index is 14.0. The molecule has 2 aromatic carbocycles. The van der Waals surface area contributed by atoms with Crippen molar-refractivity contribution in [3.05, 3.63) is 52.3 Å². The smallest absolute Gasteiger partial charge is 0.131 e. The molecule has 0 fully saturated rings. The van der Waals surface area contributed by atoms with Crippen molar-refractivity contribution in [3.63, 3.8) is 0 Å². The molecular formula is C16H14ClFO2. The van der Waals surface area contributed by atoms with Crippen LogP contribution in [0.5, 0.6) is 5.75 Å². The Balaban J connectivity index is 2.16. The first-order valence-corrected chi connectivity index (χ1v) is 6.83. The van der Waals surface area contributed by atoms with Gasteiger partial charge in [0.2, 0.25) is 0 Å². The summed E-state index contributed by atoms with van der Waals surface area (Å²) in [5, 5.41) is 10.4. The van der Waals surface area contributed by atoms with Gasteiger partial charge in [0.1, 0.15) is 11.6 Å². The van der Waals surface area contributed by atoms with Crippen molar-refractivity contribution in [1.82, 2.24) is 0 Å². The van der Waals surface area contributed by atoms with Crippen molar-refractivity contribution < 1.29 is 14.2 Å². The number of aliphatic hydroxyl groups excluding tert-OH is 1. The van der Waals surface area contributed by atoms with E-state index in [-0.39, 0.29) is 5.82 Å². The molecule has 20 heavy (non-hydrogen) atoms. The van der Waals surface area contributed by atoms with E-state index < -0.39 is 6.10 Å². The number of halogens is 2. The predicted molar refractivity (Wildman–Crippen MR) is 76.7 cm³/mol. The van der Waals surface area contributed by atoms with Crippen LogP contribution in [0.3, 0.4) is 0 Å². The van der Waals surface area contributed by atoms with Gasteiger partial charge in [0.15, 0.2) is 0 Å². The first-order chi connectivity index (χ1) is 9.61. The minimum atomic E-state index is -0.466. The lowest BCUT2D eigenvalue weighted by molar-refractivity contribution is 0.180. The molecule has 0 radical (unpaired) electrons. The summed E-state index contributed by atoms with van der Waals surface area (Å²) in [6.45, 7) is 0. The van der Waals surface area contributed by atoms with E-state index in [1.165, 1.54) is 13.2 Å². The lowest BCUT2D eigenvalue weighted by Crippen LogP contribution is -1.94. The van der Waals surface area contributed by atoms with Gasteiger partial charge < -0.3 is 9.84 Å². The second kappa shape index (κ2) is 5.08. The predicted octanol–water partition coefficient (Wildman–Crippen LogP) is 4.13. The highest BCUT2D eigenvalue weighted by atomic mass is 35.5. The second-order valence-electron chi connectivity index (χ2n) is 4.90. The lowest BCUT2D eigenvalue weighted by atomic mass is 9.99. The van der Waals surface area contributed by atoms with Gasteiger partial charge in [-0.15, -0.1) is 0 Å². The van der Waals surface area contributed by atoms with Crippen LogP contribution in [-0.4, -0.2) is 12.2 Å². The van der Waals surface area contributed by atoms with Gasteiger partial charge in [-0.25, -0.2) is 4.39 Å². The molecule has 2 aromatic rings. The topological polar surface area (TPSA) is 29.5 Å². The molecule has 0 heterocycles. The normalized spacial score (nSPS) is 17.1. The first kappa shape index (κ1) is 13.4. The fourth-order valence-corrected chi connectivity index (χ4v) is 3.05. The molecule has 1 N–H and O–H groups in total. The van der Waals surface area contributed by atoms with Crippen LogP contribution in [0.4, 0.5) is 4.39 Å². The molecular weight excluding hydrogens is 279 g/mol. The first-order valence-electron chi connectivity index (χ1n) is 6.45. The van der Waals surface area contributed by atoms with Crippen molar-refractivity contribution >= 4 is 11.6 Å². The largest absolute Gasteiger partial charge is 0.497 e. The summed E-state index contributed by atoms with van der Waals surface area (Å²) in [4.78, 5) is 0. The molecule has 0 aliphatic heterocycles. The van der Waals surface area contributed by atoms with Gasteiger partial charge in [-0.05, 0) is 42.2 Å². The third-order valence-corrected chi connectivity index (χ3v) is 4.20.